The van der Waals surface area contributed by atoms with Crippen LogP contribution < -0.4 is 11.0 Å². The van der Waals surface area contributed by atoms with Crippen molar-refractivity contribution in [2.24, 2.45) is 0 Å². The van der Waals surface area contributed by atoms with E-state index >= 15 is 0 Å². The van der Waals surface area contributed by atoms with E-state index in [0.29, 0.717) is 18.6 Å². The van der Waals surface area contributed by atoms with Gasteiger partial charge >= 0.3 is 5.69 Å². The Kier molecular flexibility index (Phi) is 3.59. The first-order valence-electron chi connectivity index (χ1n) is 8.27. The number of fused-ring (bicyclic) bond motifs is 1. The Morgan fingerprint density at radius 2 is 2.08 bits per heavy atom. The summed E-state index contributed by atoms with van der Waals surface area (Å²) >= 11 is 0. The second kappa shape index (κ2) is 5.77. The van der Waals surface area contributed by atoms with Crippen LogP contribution in [0.15, 0.2) is 29.2 Å². The third-order valence-electron chi connectivity index (χ3n) is 4.57. The molecule has 0 bridgehead atoms. The smallest absolute Gasteiger partial charge is 0.350 e. The number of pyridine rings is 1. The number of carbonyl (C=O) groups excluding carboxylic acids is 2. The van der Waals surface area contributed by atoms with Crippen molar-refractivity contribution >= 4 is 17.5 Å². The molecule has 2 aromatic heterocycles. The number of nitrogens with zero attached hydrogens (tertiary/aromatic N) is 4. The molecule has 4 rings (SSSR count). The monoisotopic (exact) mass is 329 g/mol. The Morgan fingerprint density at radius 1 is 1.25 bits per heavy atom. The molecule has 1 aliphatic carbocycles. The molecule has 2 fully saturated rings. The average Bonchev–Trinajstić information content (AvgIpc) is 3.15. The van der Waals surface area contributed by atoms with Crippen molar-refractivity contribution in [1.82, 2.24) is 24.4 Å². The lowest BCUT2D eigenvalue weighted by Gasteiger charge is -2.23. The van der Waals surface area contributed by atoms with Crippen molar-refractivity contribution in [3.8, 4) is 0 Å². The van der Waals surface area contributed by atoms with Crippen LogP contribution in [0.3, 0.4) is 0 Å². The lowest BCUT2D eigenvalue weighted by Crippen LogP contribution is -2.48. The van der Waals surface area contributed by atoms with E-state index in [1.54, 1.807) is 29.3 Å². The van der Waals surface area contributed by atoms with E-state index in [2.05, 4.69) is 10.4 Å². The fourth-order valence-electron chi connectivity index (χ4n) is 3.15. The minimum absolute atomic E-state index is 0.0781. The number of hydrogen-bond acceptors (Lipinski definition) is 4. The zero-order valence-electron chi connectivity index (χ0n) is 13.2. The highest BCUT2D eigenvalue weighted by Crippen LogP contribution is 2.22. The quantitative estimate of drug-likeness (QED) is 0.839. The van der Waals surface area contributed by atoms with Crippen molar-refractivity contribution < 1.29 is 9.59 Å². The van der Waals surface area contributed by atoms with E-state index in [4.69, 9.17) is 0 Å². The molecule has 1 saturated heterocycles. The number of likely N-dealkylation sites (tertiary alicyclic amines) is 1. The molecule has 0 aromatic carbocycles. The molecule has 24 heavy (non-hydrogen) atoms. The SMILES string of the molecule is O=C(NC1CC1)C1CCCN1C(=O)Cn1nc2ccccn2c1=O. The van der Waals surface area contributed by atoms with E-state index in [1.807, 2.05) is 0 Å². The summed E-state index contributed by atoms with van der Waals surface area (Å²) in [6.45, 7) is 0.400. The third-order valence-corrected chi connectivity index (χ3v) is 4.57. The van der Waals surface area contributed by atoms with Crippen LogP contribution in [0.1, 0.15) is 25.7 Å². The van der Waals surface area contributed by atoms with Gasteiger partial charge in [0, 0.05) is 18.8 Å². The molecule has 3 heterocycles. The summed E-state index contributed by atoms with van der Waals surface area (Å²) in [5.74, 6) is -0.320. The maximum absolute atomic E-state index is 12.6. The van der Waals surface area contributed by atoms with Gasteiger partial charge in [-0.3, -0.25) is 14.0 Å². The molecule has 2 amide bonds. The Hall–Kier alpha value is -2.64. The van der Waals surface area contributed by atoms with Gasteiger partial charge in [-0.05, 0) is 37.8 Å². The summed E-state index contributed by atoms with van der Waals surface area (Å²) < 4.78 is 2.56. The van der Waals surface area contributed by atoms with Crippen LogP contribution in [-0.4, -0.2) is 49.5 Å². The van der Waals surface area contributed by atoms with Gasteiger partial charge in [0.1, 0.15) is 12.6 Å². The summed E-state index contributed by atoms with van der Waals surface area (Å²) in [6, 6.07) is 5.08. The second-order valence-electron chi connectivity index (χ2n) is 6.40. The van der Waals surface area contributed by atoms with Gasteiger partial charge in [-0.15, -0.1) is 5.10 Å². The van der Waals surface area contributed by atoms with Crippen LogP contribution in [0.2, 0.25) is 0 Å². The standard InChI is InChI=1S/C16H19N5O3/c22-14(10-21-16(24)20-8-2-1-5-13(20)18-21)19-9-3-4-12(19)15(23)17-11-6-7-11/h1-2,5,8,11-12H,3-4,6-7,9-10H2,(H,17,23). The highest BCUT2D eigenvalue weighted by atomic mass is 16.2. The molecular formula is C16H19N5O3. The molecule has 8 nitrogen and oxygen atoms in total. The molecule has 1 unspecified atom stereocenters. The summed E-state index contributed by atoms with van der Waals surface area (Å²) in [5.41, 5.74) is 0.150. The number of amides is 2. The zero-order chi connectivity index (χ0) is 16.7. The van der Waals surface area contributed by atoms with Gasteiger partial charge in [0.2, 0.25) is 11.8 Å². The predicted molar refractivity (Wildman–Crippen MR) is 85.4 cm³/mol. The molecule has 2 aliphatic rings. The lowest BCUT2D eigenvalue weighted by molar-refractivity contribution is -0.139. The van der Waals surface area contributed by atoms with E-state index in [0.717, 1.165) is 23.9 Å². The van der Waals surface area contributed by atoms with Crippen molar-refractivity contribution in [1.29, 1.82) is 0 Å². The molecular weight excluding hydrogens is 310 g/mol. The van der Waals surface area contributed by atoms with Crippen molar-refractivity contribution in [2.75, 3.05) is 6.54 Å². The topological polar surface area (TPSA) is 88.7 Å². The largest absolute Gasteiger partial charge is 0.352 e. The second-order valence-corrected chi connectivity index (χ2v) is 6.40. The Bertz CT molecular complexity index is 851. The molecule has 2 aromatic rings. The average molecular weight is 329 g/mol. The summed E-state index contributed by atoms with van der Waals surface area (Å²) in [5, 5.41) is 7.13. The van der Waals surface area contributed by atoms with Crippen molar-refractivity contribution in [3.63, 3.8) is 0 Å². The van der Waals surface area contributed by atoms with E-state index < -0.39 is 6.04 Å². The van der Waals surface area contributed by atoms with Crippen LogP contribution in [-0.2, 0) is 16.1 Å². The van der Waals surface area contributed by atoms with E-state index in [9.17, 15) is 14.4 Å². The van der Waals surface area contributed by atoms with Crippen LogP contribution >= 0.6 is 0 Å². The lowest BCUT2D eigenvalue weighted by atomic mass is 10.2. The number of rotatable bonds is 4. The normalized spacial score (nSPS) is 20.5. The van der Waals surface area contributed by atoms with Crippen LogP contribution in [0, 0.1) is 0 Å². The molecule has 1 saturated carbocycles. The minimum atomic E-state index is -0.425. The van der Waals surface area contributed by atoms with Crippen LogP contribution in [0.4, 0.5) is 0 Å². The number of nitrogens with one attached hydrogen (secondary N) is 1. The number of carbonyl (C=O) groups is 2. The Labute approximate surface area is 138 Å². The maximum atomic E-state index is 12.6. The maximum Gasteiger partial charge on any atom is 0.350 e. The molecule has 1 aliphatic heterocycles. The van der Waals surface area contributed by atoms with Gasteiger partial charge in [0.05, 0.1) is 0 Å². The van der Waals surface area contributed by atoms with Gasteiger partial charge in [-0.1, -0.05) is 6.07 Å². The third kappa shape index (κ3) is 2.68. The molecule has 0 radical (unpaired) electrons. The van der Waals surface area contributed by atoms with Crippen LogP contribution in [0.5, 0.6) is 0 Å². The first-order valence-corrected chi connectivity index (χ1v) is 8.27. The summed E-state index contributed by atoms with van der Waals surface area (Å²) in [6.07, 6.45) is 5.12. The van der Waals surface area contributed by atoms with E-state index in [1.165, 1.54) is 4.40 Å². The molecule has 1 N–H and O–H groups in total. The molecule has 0 spiro atoms. The fourth-order valence-corrected chi connectivity index (χ4v) is 3.15. The van der Waals surface area contributed by atoms with Crippen LogP contribution in [0.25, 0.3) is 5.65 Å². The van der Waals surface area contributed by atoms with Gasteiger partial charge in [0.15, 0.2) is 5.65 Å². The molecule has 1 atom stereocenters. The first kappa shape index (κ1) is 14.9. The number of aromatic nitrogens is 3. The molecule has 8 heteroatoms. The zero-order valence-corrected chi connectivity index (χ0v) is 13.2. The van der Waals surface area contributed by atoms with Crippen molar-refractivity contribution in [2.45, 2.75) is 44.3 Å². The van der Waals surface area contributed by atoms with Gasteiger partial charge in [-0.25, -0.2) is 9.48 Å². The number of hydrogen-bond donors (Lipinski definition) is 1. The predicted octanol–water partition coefficient (Wildman–Crippen LogP) is -0.234. The first-order chi connectivity index (χ1) is 11.6. The minimum Gasteiger partial charge on any atom is -0.352 e. The molecule has 126 valence electrons. The highest BCUT2D eigenvalue weighted by molar-refractivity contribution is 5.88. The van der Waals surface area contributed by atoms with Gasteiger partial charge < -0.3 is 10.2 Å². The Morgan fingerprint density at radius 3 is 2.83 bits per heavy atom. The van der Waals surface area contributed by atoms with Crippen molar-refractivity contribution in [3.05, 3.63) is 34.9 Å². The summed E-state index contributed by atoms with van der Waals surface area (Å²) in [4.78, 5) is 38.7. The van der Waals surface area contributed by atoms with E-state index in [-0.39, 0.29) is 30.1 Å². The summed E-state index contributed by atoms with van der Waals surface area (Å²) in [7, 11) is 0. The van der Waals surface area contributed by atoms with Gasteiger partial charge in [0.25, 0.3) is 0 Å². The van der Waals surface area contributed by atoms with Gasteiger partial charge in [-0.2, -0.15) is 0 Å². The highest BCUT2D eigenvalue weighted by Gasteiger charge is 2.36. The Balaban J connectivity index is 1.50. The fraction of sp³-hybridized carbons (Fsp3) is 0.500.